The fourth-order valence-corrected chi connectivity index (χ4v) is 4.57. The van der Waals surface area contributed by atoms with Crippen LogP contribution in [0.25, 0.3) is 0 Å². The van der Waals surface area contributed by atoms with Gasteiger partial charge in [0.05, 0.1) is 25.7 Å². The Bertz CT molecular complexity index is 711. The molecular weight excluding hydrogens is 370 g/mol. The first kappa shape index (κ1) is 20.3. The second-order valence-corrected chi connectivity index (χ2v) is 8.33. The number of carbonyl (C=O) groups excluding carboxylic acids is 2. The number of ether oxygens (including phenoxy) is 2. The third-order valence-electron chi connectivity index (χ3n) is 6.35. The first-order chi connectivity index (χ1) is 14.1. The molecule has 3 saturated heterocycles. The van der Waals surface area contributed by atoms with Gasteiger partial charge in [-0.25, -0.2) is 0 Å². The van der Waals surface area contributed by atoms with Gasteiger partial charge in [-0.15, -0.1) is 0 Å². The van der Waals surface area contributed by atoms with E-state index in [1.54, 1.807) is 4.90 Å². The number of anilines is 1. The lowest BCUT2D eigenvalue weighted by molar-refractivity contribution is -0.126. The van der Waals surface area contributed by atoms with Gasteiger partial charge in [-0.3, -0.25) is 14.5 Å². The lowest BCUT2D eigenvalue weighted by atomic mass is 9.96. The summed E-state index contributed by atoms with van der Waals surface area (Å²) in [7, 11) is 0. The Balaban J connectivity index is 1.35. The predicted molar refractivity (Wildman–Crippen MR) is 110 cm³/mol. The molecule has 0 spiro atoms. The van der Waals surface area contributed by atoms with Crippen molar-refractivity contribution >= 4 is 17.5 Å². The lowest BCUT2D eigenvalue weighted by Gasteiger charge is -2.37. The Labute approximate surface area is 172 Å². The standard InChI is InChI=1S/C22H31N3O4/c1-16-2-4-19(5-3-16)25-14-18(12-21(25)26)22(27)23-13-20(17-6-9-29-15-17)24-7-10-28-11-8-24/h2-5,17-18,20H,6-15H2,1H3,(H,23,27). The molecule has 0 radical (unpaired) electrons. The van der Waals surface area contributed by atoms with Crippen molar-refractivity contribution in [3.05, 3.63) is 29.8 Å². The highest BCUT2D eigenvalue weighted by molar-refractivity contribution is 6.00. The maximum absolute atomic E-state index is 12.9. The number of rotatable bonds is 6. The number of morpholine rings is 1. The topological polar surface area (TPSA) is 71.1 Å². The molecule has 3 aliphatic rings. The van der Waals surface area contributed by atoms with Gasteiger partial charge in [-0.1, -0.05) is 17.7 Å². The Morgan fingerprint density at radius 2 is 1.93 bits per heavy atom. The predicted octanol–water partition coefficient (Wildman–Crippen LogP) is 1.20. The molecule has 29 heavy (non-hydrogen) atoms. The van der Waals surface area contributed by atoms with Crippen LogP contribution < -0.4 is 10.2 Å². The van der Waals surface area contributed by atoms with Gasteiger partial charge < -0.3 is 19.7 Å². The van der Waals surface area contributed by atoms with Gasteiger partial charge in [0, 0.05) is 56.9 Å². The summed E-state index contributed by atoms with van der Waals surface area (Å²) >= 11 is 0. The number of nitrogens with one attached hydrogen (secondary N) is 1. The Morgan fingerprint density at radius 3 is 2.62 bits per heavy atom. The second-order valence-electron chi connectivity index (χ2n) is 8.33. The molecule has 0 aliphatic carbocycles. The van der Waals surface area contributed by atoms with Crippen LogP contribution in [0, 0.1) is 18.8 Å². The Kier molecular flexibility index (Phi) is 6.47. The van der Waals surface area contributed by atoms with Crippen LogP contribution >= 0.6 is 0 Å². The molecule has 3 heterocycles. The first-order valence-electron chi connectivity index (χ1n) is 10.7. The highest BCUT2D eigenvalue weighted by atomic mass is 16.5. The number of nitrogens with zero attached hydrogens (tertiary/aromatic N) is 2. The fraction of sp³-hybridized carbons (Fsp3) is 0.636. The van der Waals surface area contributed by atoms with Crippen LogP contribution in [-0.2, 0) is 19.1 Å². The summed E-state index contributed by atoms with van der Waals surface area (Å²) in [5, 5.41) is 3.14. The molecule has 0 bridgehead atoms. The molecule has 3 unspecified atom stereocenters. The average molecular weight is 402 g/mol. The van der Waals surface area contributed by atoms with E-state index in [0.29, 0.717) is 19.0 Å². The molecule has 1 aromatic carbocycles. The monoisotopic (exact) mass is 401 g/mol. The molecule has 3 atom stereocenters. The summed E-state index contributed by atoms with van der Waals surface area (Å²) in [5.41, 5.74) is 2.02. The summed E-state index contributed by atoms with van der Waals surface area (Å²) in [4.78, 5) is 29.5. The van der Waals surface area contributed by atoms with E-state index >= 15 is 0 Å². The summed E-state index contributed by atoms with van der Waals surface area (Å²) < 4.78 is 11.1. The SMILES string of the molecule is Cc1ccc(N2CC(C(=O)NCC(C3CCOC3)N3CCOCC3)CC2=O)cc1. The van der Waals surface area contributed by atoms with Crippen LogP contribution in [0.15, 0.2) is 24.3 Å². The van der Waals surface area contributed by atoms with Gasteiger partial charge in [0.1, 0.15) is 0 Å². The molecule has 1 aromatic rings. The quantitative estimate of drug-likeness (QED) is 0.776. The van der Waals surface area contributed by atoms with E-state index in [9.17, 15) is 9.59 Å². The molecule has 3 fully saturated rings. The molecule has 7 nitrogen and oxygen atoms in total. The van der Waals surface area contributed by atoms with Gasteiger partial charge >= 0.3 is 0 Å². The van der Waals surface area contributed by atoms with E-state index in [0.717, 1.165) is 57.2 Å². The Hall–Kier alpha value is -1.96. The highest BCUT2D eigenvalue weighted by Gasteiger charge is 2.37. The molecule has 2 amide bonds. The molecule has 158 valence electrons. The molecule has 3 aliphatic heterocycles. The zero-order valence-corrected chi connectivity index (χ0v) is 17.1. The van der Waals surface area contributed by atoms with E-state index in [-0.39, 0.29) is 30.2 Å². The van der Waals surface area contributed by atoms with E-state index in [4.69, 9.17) is 9.47 Å². The summed E-state index contributed by atoms with van der Waals surface area (Å²) in [5.74, 6) is 0.129. The number of hydrogen-bond donors (Lipinski definition) is 1. The normalized spacial score (nSPS) is 26.7. The van der Waals surface area contributed by atoms with Crippen molar-refractivity contribution in [2.24, 2.45) is 11.8 Å². The largest absolute Gasteiger partial charge is 0.381 e. The van der Waals surface area contributed by atoms with Crippen molar-refractivity contribution in [1.82, 2.24) is 10.2 Å². The minimum Gasteiger partial charge on any atom is -0.381 e. The van der Waals surface area contributed by atoms with Crippen LogP contribution in [0.1, 0.15) is 18.4 Å². The molecule has 4 rings (SSSR count). The zero-order chi connectivity index (χ0) is 20.2. The van der Waals surface area contributed by atoms with E-state index < -0.39 is 0 Å². The smallest absolute Gasteiger partial charge is 0.227 e. The first-order valence-corrected chi connectivity index (χ1v) is 10.7. The summed E-state index contributed by atoms with van der Waals surface area (Å²) in [6.07, 6.45) is 1.30. The number of aryl methyl sites for hydroxylation is 1. The number of carbonyl (C=O) groups is 2. The van der Waals surface area contributed by atoms with Crippen LogP contribution in [0.2, 0.25) is 0 Å². The summed E-state index contributed by atoms with van der Waals surface area (Å²) in [6.45, 7) is 7.86. The highest BCUT2D eigenvalue weighted by Crippen LogP contribution is 2.26. The number of hydrogen-bond acceptors (Lipinski definition) is 5. The van der Waals surface area contributed by atoms with Crippen LogP contribution in [-0.4, -0.2) is 75.4 Å². The lowest BCUT2D eigenvalue weighted by Crippen LogP contribution is -2.53. The van der Waals surface area contributed by atoms with Crippen LogP contribution in [0.5, 0.6) is 0 Å². The van der Waals surface area contributed by atoms with Crippen molar-refractivity contribution in [3.8, 4) is 0 Å². The van der Waals surface area contributed by atoms with Gasteiger partial charge in [0.15, 0.2) is 0 Å². The number of amides is 2. The van der Waals surface area contributed by atoms with Gasteiger partial charge in [-0.05, 0) is 25.5 Å². The van der Waals surface area contributed by atoms with Crippen LogP contribution in [0.4, 0.5) is 5.69 Å². The third-order valence-corrected chi connectivity index (χ3v) is 6.35. The molecule has 0 aromatic heterocycles. The van der Waals surface area contributed by atoms with E-state index in [1.165, 1.54) is 0 Å². The van der Waals surface area contributed by atoms with Crippen molar-refractivity contribution in [1.29, 1.82) is 0 Å². The Morgan fingerprint density at radius 1 is 1.17 bits per heavy atom. The molecule has 7 heteroatoms. The van der Waals surface area contributed by atoms with Crippen molar-refractivity contribution < 1.29 is 19.1 Å². The molecular formula is C22H31N3O4. The van der Waals surface area contributed by atoms with Gasteiger partial charge in [0.2, 0.25) is 11.8 Å². The average Bonchev–Trinajstić information content (AvgIpc) is 3.40. The second kappa shape index (κ2) is 9.24. The molecule has 0 saturated carbocycles. The fourth-order valence-electron chi connectivity index (χ4n) is 4.57. The van der Waals surface area contributed by atoms with Gasteiger partial charge in [-0.2, -0.15) is 0 Å². The maximum Gasteiger partial charge on any atom is 0.227 e. The van der Waals surface area contributed by atoms with Crippen molar-refractivity contribution in [2.75, 3.05) is 57.5 Å². The van der Waals surface area contributed by atoms with Crippen molar-refractivity contribution in [3.63, 3.8) is 0 Å². The van der Waals surface area contributed by atoms with Crippen LogP contribution in [0.3, 0.4) is 0 Å². The molecule has 1 N–H and O–H groups in total. The maximum atomic E-state index is 12.9. The van der Waals surface area contributed by atoms with E-state index in [2.05, 4.69) is 10.2 Å². The summed E-state index contributed by atoms with van der Waals surface area (Å²) in [6, 6.07) is 8.14. The minimum absolute atomic E-state index is 0.0166. The zero-order valence-electron chi connectivity index (χ0n) is 17.1. The number of benzene rings is 1. The van der Waals surface area contributed by atoms with Crippen molar-refractivity contribution in [2.45, 2.75) is 25.8 Å². The van der Waals surface area contributed by atoms with Gasteiger partial charge in [0.25, 0.3) is 0 Å². The third kappa shape index (κ3) is 4.79. The van der Waals surface area contributed by atoms with E-state index in [1.807, 2.05) is 31.2 Å². The minimum atomic E-state index is -0.297.